The van der Waals surface area contributed by atoms with Crippen molar-refractivity contribution in [2.75, 3.05) is 13.6 Å². The number of carbonyl (C=O) groups excluding carboxylic acids is 1. The fraction of sp³-hybridized carbons (Fsp3) is 0.214. The Bertz CT molecular complexity index is 522. The summed E-state index contributed by atoms with van der Waals surface area (Å²) in [5.74, 6) is 0.0251. The fourth-order valence-electron chi connectivity index (χ4n) is 1.69. The molecule has 2 nitrogen and oxygen atoms in total. The molecule has 4 heteroatoms. The van der Waals surface area contributed by atoms with Crippen LogP contribution in [0.4, 0.5) is 0 Å². The number of hydrogen-bond donors (Lipinski definition) is 1. The molecule has 94 valence electrons. The molecule has 1 heterocycles. The molecule has 0 saturated heterocycles. The number of rotatable bonds is 4. The Morgan fingerprint density at radius 2 is 2.06 bits per heavy atom. The van der Waals surface area contributed by atoms with Crippen molar-refractivity contribution < 1.29 is 4.79 Å². The minimum absolute atomic E-state index is 0.0251. The number of hydrogen-bond acceptors (Lipinski definition) is 3. The van der Waals surface area contributed by atoms with E-state index in [-0.39, 0.29) is 5.91 Å². The Morgan fingerprint density at radius 3 is 2.72 bits per heavy atom. The van der Waals surface area contributed by atoms with Gasteiger partial charge in [-0.1, -0.05) is 18.2 Å². The number of thiophene rings is 1. The Balaban J connectivity index is 1.99. The van der Waals surface area contributed by atoms with E-state index in [2.05, 4.69) is 24.1 Å². The Morgan fingerprint density at radius 1 is 1.28 bits per heavy atom. The van der Waals surface area contributed by atoms with Gasteiger partial charge in [0.15, 0.2) is 0 Å². The third-order valence-electron chi connectivity index (χ3n) is 2.75. The van der Waals surface area contributed by atoms with Crippen LogP contribution in [0.3, 0.4) is 0 Å². The lowest BCUT2D eigenvalue weighted by atomic mass is 10.2. The molecule has 1 amide bonds. The summed E-state index contributed by atoms with van der Waals surface area (Å²) in [5, 5.41) is 2.06. The van der Waals surface area contributed by atoms with E-state index in [1.54, 1.807) is 16.2 Å². The van der Waals surface area contributed by atoms with Gasteiger partial charge in [-0.05, 0) is 30.0 Å². The molecule has 0 spiro atoms. The molecular formula is C14H15NOS2. The van der Waals surface area contributed by atoms with Gasteiger partial charge in [0.05, 0.1) is 5.56 Å². The van der Waals surface area contributed by atoms with E-state index in [9.17, 15) is 4.79 Å². The monoisotopic (exact) mass is 277 g/mol. The summed E-state index contributed by atoms with van der Waals surface area (Å²) in [6, 6.07) is 11.5. The zero-order valence-corrected chi connectivity index (χ0v) is 11.9. The van der Waals surface area contributed by atoms with E-state index in [4.69, 9.17) is 0 Å². The number of nitrogens with zero attached hydrogens (tertiary/aromatic N) is 1. The van der Waals surface area contributed by atoms with E-state index in [1.807, 2.05) is 37.4 Å². The second-order valence-electron chi connectivity index (χ2n) is 4.07. The second kappa shape index (κ2) is 6.07. The number of benzene rings is 1. The lowest BCUT2D eigenvalue weighted by molar-refractivity contribution is 0.0793. The zero-order chi connectivity index (χ0) is 13.0. The van der Waals surface area contributed by atoms with Crippen LogP contribution in [0.25, 0.3) is 0 Å². The maximum atomic E-state index is 12.2. The van der Waals surface area contributed by atoms with Crippen LogP contribution in [0.2, 0.25) is 0 Å². The maximum Gasteiger partial charge on any atom is 0.254 e. The molecule has 0 aliphatic heterocycles. The van der Waals surface area contributed by atoms with Crippen LogP contribution in [-0.4, -0.2) is 24.4 Å². The maximum absolute atomic E-state index is 12.2. The van der Waals surface area contributed by atoms with E-state index in [0.717, 1.165) is 17.9 Å². The molecule has 0 unspecified atom stereocenters. The summed E-state index contributed by atoms with van der Waals surface area (Å²) >= 11 is 6.04. The lowest BCUT2D eigenvalue weighted by Crippen LogP contribution is -2.29. The largest absolute Gasteiger partial charge is 0.341 e. The summed E-state index contributed by atoms with van der Waals surface area (Å²) in [4.78, 5) is 16.0. The summed E-state index contributed by atoms with van der Waals surface area (Å²) in [5.41, 5.74) is 0.662. The third-order valence-corrected chi connectivity index (χ3v) is 4.08. The zero-order valence-electron chi connectivity index (χ0n) is 10.2. The molecule has 0 radical (unpaired) electrons. The highest BCUT2D eigenvalue weighted by Crippen LogP contribution is 2.15. The second-order valence-corrected chi connectivity index (χ2v) is 5.59. The lowest BCUT2D eigenvalue weighted by Gasteiger charge is -2.17. The quantitative estimate of drug-likeness (QED) is 0.850. The van der Waals surface area contributed by atoms with Gasteiger partial charge < -0.3 is 4.90 Å². The van der Waals surface area contributed by atoms with E-state index in [1.165, 1.54) is 4.88 Å². The van der Waals surface area contributed by atoms with Crippen molar-refractivity contribution in [1.82, 2.24) is 4.90 Å². The van der Waals surface area contributed by atoms with Gasteiger partial charge in [-0.2, -0.15) is 0 Å². The first-order valence-corrected chi connectivity index (χ1v) is 7.07. The van der Waals surface area contributed by atoms with Crippen molar-refractivity contribution in [3.63, 3.8) is 0 Å². The number of thiol groups is 1. The fourth-order valence-corrected chi connectivity index (χ4v) is 2.65. The van der Waals surface area contributed by atoms with Crippen LogP contribution in [0.15, 0.2) is 46.7 Å². The van der Waals surface area contributed by atoms with Gasteiger partial charge in [0.2, 0.25) is 0 Å². The molecule has 1 aromatic heterocycles. The number of likely N-dealkylation sites (N-methyl/N-ethyl adjacent to an activating group) is 1. The first-order valence-electron chi connectivity index (χ1n) is 5.74. The molecule has 2 rings (SSSR count). The average molecular weight is 277 g/mol. The molecule has 0 aliphatic carbocycles. The SMILES string of the molecule is CN(CCc1cccs1)C(=O)c1ccccc1S. The summed E-state index contributed by atoms with van der Waals surface area (Å²) in [6.07, 6.45) is 0.897. The Kier molecular flexibility index (Phi) is 4.44. The first-order chi connectivity index (χ1) is 8.68. The molecule has 0 N–H and O–H groups in total. The molecule has 18 heavy (non-hydrogen) atoms. The molecule has 1 aromatic carbocycles. The number of carbonyl (C=O) groups is 1. The third kappa shape index (κ3) is 3.15. The Labute approximate surface area is 117 Å². The van der Waals surface area contributed by atoms with Crippen molar-refractivity contribution >= 4 is 29.9 Å². The van der Waals surface area contributed by atoms with Crippen LogP contribution in [0, 0.1) is 0 Å². The predicted octanol–water partition coefficient (Wildman–Crippen LogP) is 3.35. The highest BCUT2D eigenvalue weighted by molar-refractivity contribution is 7.80. The summed E-state index contributed by atoms with van der Waals surface area (Å²) in [7, 11) is 1.83. The van der Waals surface area contributed by atoms with Crippen LogP contribution < -0.4 is 0 Å². The molecule has 0 atom stereocenters. The molecule has 0 fully saturated rings. The molecule has 0 bridgehead atoms. The van der Waals surface area contributed by atoms with Crippen molar-refractivity contribution in [2.45, 2.75) is 11.3 Å². The molecule has 0 saturated carbocycles. The highest BCUT2D eigenvalue weighted by atomic mass is 32.1. The minimum atomic E-state index is 0.0251. The molecule has 0 aliphatic rings. The van der Waals surface area contributed by atoms with Gasteiger partial charge in [-0.15, -0.1) is 24.0 Å². The Hall–Kier alpha value is -1.26. The smallest absolute Gasteiger partial charge is 0.254 e. The van der Waals surface area contributed by atoms with Crippen molar-refractivity contribution in [3.8, 4) is 0 Å². The highest BCUT2D eigenvalue weighted by Gasteiger charge is 2.13. The average Bonchev–Trinajstić information content (AvgIpc) is 2.89. The summed E-state index contributed by atoms with van der Waals surface area (Å²) in [6.45, 7) is 0.724. The van der Waals surface area contributed by atoms with E-state index >= 15 is 0 Å². The first kappa shape index (κ1) is 13.2. The van der Waals surface area contributed by atoms with Crippen molar-refractivity contribution in [1.29, 1.82) is 0 Å². The van der Waals surface area contributed by atoms with Crippen LogP contribution in [0.1, 0.15) is 15.2 Å². The van der Waals surface area contributed by atoms with Gasteiger partial charge >= 0.3 is 0 Å². The normalized spacial score (nSPS) is 10.3. The van der Waals surface area contributed by atoms with Crippen molar-refractivity contribution in [2.24, 2.45) is 0 Å². The van der Waals surface area contributed by atoms with Gasteiger partial charge in [0.25, 0.3) is 5.91 Å². The van der Waals surface area contributed by atoms with E-state index < -0.39 is 0 Å². The van der Waals surface area contributed by atoms with Gasteiger partial charge in [0.1, 0.15) is 0 Å². The van der Waals surface area contributed by atoms with Crippen LogP contribution >= 0.6 is 24.0 Å². The minimum Gasteiger partial charge on any atom is -0.341 e. The predicted molar refractivity (Wildman–Crippen MR) is 78.7 cm³/mol. The number of amides is 1. The standard InChI is InChI=1S/C14H15NOS2/c1-15(9-8-11-5-4-10-18-11)14(16)12-6-2-3-7-13(12)17/h2-7,10,17H,8-9H2,1H3. The topological polar surface area (TPSA) is 20.3 Å². The van der Waals surface area contributed by atoms with Crippen LogP contribution in [0.5, 0.6) is 0 Å². The van der Waals surface area contributed by atoms with Crippen molar-refractivity contribution in [3.05, 3.63) is 52.2 Å². The molecular weight excluding hydrogens is 262 g/mol. The van der Waals surface area contributed by atoms with Gasteiger partial charge in [-0.25, -0.2) is 0 Å². The van der Waals surface area contributed by atoms with Crippen LogP contribution in [-0.2, 0) is 6.42 Å². The molecule has 2 aromatic rings. The van der Waals surface area contributed by atoms with Gasteiger partial charge in [-0.3, -0.25) is 4.79 Å². The van der Waals surface area contributed by atoms with E-state index in [0.29, 0.717) is 5.56 Å². The van der Waals surface area contributed by atoms with Gasteiger partial charge in [0, 0.05) is 23.4 Å². The summed E-state index contributed by atoms with van der Waals surface area (Å²) < 4.78 is 0.